The van der Waals surface area contributed by atoms with Crippen molar-refractivity contribution in [3.05, 3.63) is 72.3 Å². The fourth-order valence-corrected chi connectivity index (χ4v) is 3.35. The van der Waals surface area contributed by atoms with Gasteiger partial charge in [0.1, 0.15) is 5.75 Å². The predicted molar refractivity (Wildman–Crippen MR) is 105 cm³/mol. The fraction of sp³-hybridized carbons (Fsp3) is 0.0952. The number of hydrogen-bond donors (Lipinski definition) is 0. The number of benzene rings is 3. The van der Waals surface area contributed by atoms with Gasteiger partial charge in [-0.05, 0) is 41.1 Å². The number of ether oxygens (including phenoxy) is 1. The molecule has 4 aromatic rings. The number of ketones is 1. The van der Waals surface area contributed by atoms with Crippen LogP contribution in [0.4, 0.5) is 0 Å². The summed E-state index contributed by atoms with van der Waals surface area (Å²) in [6.07, 6.45) is 0. The smallest absolute Gasteiger partial charge is 0.277 e. The van der Waals surface area contributed by atoms with Gasteiger partial charge in [0, 0.05) is 11.1 Å². The second-order valence-corrected chi connectivity index (χ2v) is 6.80. The van der Waals surface area contributed by atoms with Crippen molar-refractivity contribution < 1.29 is 13.9 Å². The van der Waals surface area contributed by atoms with E-state index in [-0.39, 0.29) is 11.5 Å². The summed E-state index contributed by atoms with van der Waals surface area (Å²) in [6.45, 7) is 0. The van der Waals surface area contributed by atoms with E-state index in [9.17, 15) is 4.79 Å². The average Bonchev–Trinajstić information content (AvgIpc) is 3.21. The molecule has 3 aromatic carbocycles. The largest absolute Gasteiger partial charge is 0.497 e. The van der Waals surface area contributed by atoms with Crippen molar-refractivity contribution in [1.82, 2.24) is 10.2 Å². The van der Waals surface area contributed by atoms with Crippen molar-refractivity contribution in [1.29, 1.82) is 0 Å². The van der Waals surface area contributed by atoms with Crippen LogP contribution in [0.2, 0.25) is 0 Å². The quantitative estimate of drug-likeness (QED) is 0.353. The van der Waals surface area contributed by atoms with Crippen molar-refractivity contribution in [2.75, 3.05) is 12.9 Å². The lowest BCUT2D eigenvalue weighted by molar-refractivity contribution is 0.102. The average molecular weight is 376 g/mol. The molecule has 0 radical (unpaired) electrons. The topological polar surface area (TPSA) is 65.2 Å². The van der Waals surface area contributed by atoms with E-state index in [1.807, 2.05) is 66.7 Å². The maximum atomic E-state index is 12.5. The highest BCUT2D eigenvalue weighted by Crippen LogP contribution is 2.25. The normalized spacial score (nSPS) is 10.9. The van der Waals surface area contributed by atoms with Crippen LogP contribution in [0.25, 0.3) is 22.2 Å². The minimum atomic E-state index is 0.0231. The van der Waals surface area contributed by atoms with Crippen molar-refractivity contribution >= 4 is 28.3 Å². The monoisotopic (exact) mass is 376 g/mol. The predicted octanol–water partition coefficient (Wildman–Crippen LogP) is 4.87. The lowest BCUT2D eigenvalue weighted by Crippen LogP contribution is -2.02. The van der Waals surface area contributed by atoms with Crippen molar-refractivity contribution in [2.45, 2.75) is 5.22 Å². The van der Waals surface area contributed by atoms with Crippen LogP contribution in [0.15, 0.2) is 76.4 Å². The third-order valence-corrected chi connectivity index (χ3v) is 4.96. The molecule has 0 saturated heterocycles. The maximum Gasteiger partial charge on any atom is 0.277 e. The molecule has 0 aliphatic carbocycles. The van der Waals surface area contributed by atoms with E-state index in [2.05, 4.69) is 10.2 Å². The van der Waals surface area contributed by atoms with Gasteiger partial charge in [-0.15, -0.1) is 10.2 Å². The van der Waals surface area contributed by atoms with Gasteiger partial charge in [-0.3, -0.25) is 4.79 Å². The van der Waals surface area contributed by atoms with Crippen LogP contribution in [0.5, 0.6) is 5.75 Å². The Morgan fingerprint density at radius 3 is 2.56 bits per heavy atom. The molecule has 4 rings (SSSR count). The Kier molecular flexibility index (Phi) is 4.89. The molecular formula is C21H16N2O3S. The third-order valence-electron chi connectivity index (χ3n) is 4.14. The van der Waals surface area contributed by atoms with Crippen molar-refractivity contribution in [2.24, 2.45) is 0 Å². The minimum absolute atomic E-state index is 0.0231. The second-order valence-electron chi connectivity index (χ2n) is 5.88. The highest BCUT2D eigenvalue weighted by atomic mass is 32.2. The highest BCUT2D eigenvalue weighted by Gasteiger charge is 2.13. The molecule has 0 N–H and O–H groups in total. The van der Waals surface area contributed by atoms with Crippen LogP contribution in [-0.2, 0) is 0 Å². The zero-order valence-corrected chi connectivity index (χ0v) is 15.4. The minimum Gasteiger partial charge on any atom is -0.497 e. The zero-order chi connectivity index (χ0) is 18.6. The summed E-state index contributed by atoms with van der Waals surface area (Å²) in [4.78, 5) is 12.5. The number of hydrogen-bond acceptors (Lipinski definition) is 6. The van der Waals surface area contributed by atoms with Gasteiger partial charge >= 0.3 is 0 Å². The Morgan fingerprint density at radius 1 is 1.00 bits per heavy atom. The molecule has 1 heterocycles. The number of methoxy groups -OCH3 is 1. The Hall–Kier alpha value is -3.12. The maximum absolute atomic E-state index is 12.5. The lowest BCUT2D eigenvalue weighted by Gasteiger charge is -2.02. The summed E-state index contributed by atoms with van der Waals surface area (Å²) < 4.78 is 10.8. The first-order valence-corrected chi connectivity index (χ1v) is 9.34. The summed E-state index contributed by atoms with van der Waals surface area (Å²) in [5.74, 6) is 1.44. The van der Waals surface area contributed by atoms with E-state index < -0.39 is 0 Å². The number of fused-ring (bicyclic) bond motifs is 1. The van der Waals surface area contributed by atoms with Gasteiger partial charge in [0.05, 0.1) is 12.9 Å². The molecule has 6 heteroatoms. The molecule has 0 unspecified atom stereocenters. The van der Waals surface area contributed by atoms with Crippen LogP contribution in [0.1, 0.15) is 10.4 Å². The number of rotatable bonds is 6. The molecular weight excluding hydrogens is 360 g/mol. The van der Waals surface area contributed by atoms with Crippen molar-refractivity contribution in [3.8, 4) is 17.2 Å². The Morgan fingerprint density at radius 2 is 1.78 bits per heavy atom. The molecule has 0 bridgehead atoms. The molecule has 0 aliphatic heterocycles. The van der Waals surface area contributed by atoms with E-state index in [0.717, 1.165) is 22.1 Å². The molecule has 5 nitrogen and oxygen atoms in total. The van der Waals surface area contributed by atoms with Crippen molar-refractivity contribution in [3.63, 3.8) is 0 Å². The number of aromatic nitrogens is 2. The van der Waals surface area contributed by atoms with Gasteiger partial charge in [0.2, 0.25) is 5.89 Å². The number of thioether (sulfide) groups is 1. The van der Waals surface area contributed by atoms with Crippen LogP contribution >= 0.6 is 11.8 Å². The number of nitrogens with zero attached hydrogens (tertiary/aromatic N) is 2. The van der Waals surface area contributed by atoms with E-state index in [0.29, 0.717) is 16.7 Å². The van der Waals surface area contributed by atoms with Gasteiger partial charge in [0.25, 0.3) is 5.22 Å². The van der Waals surface area contributed by atoms with Crippen LogP contribution in [0, 0.1) is 0 Å². The summed E-state index contributed by atoms with van der Waals surface area (Å²) in [7, 11) is 1.61. The first-order chi connectivity index (χ1) is 13.2. The Labute approximate surface area is 160 Å². The van der Waals surface area contributed by atoms with Crippen LogP contribution in [0.3, 0.4) is 0 Å². The molecule has 0 aliphatic rings. The summed E-state index contributed by atoms with van der Waals surface area (Å²) in [5, 5.41) is 10.6. The highest BCUT2D eigenvalue weighted by molar-refractivity contribution is 7.99. The Balaban J connectivity index is 1.43. The van der Waals surface area contributed by atoms with Crippen LogP contribution < -0.4 is 4.74 Å². The molecule has 1 aromatic heterocycles. The van der Waals surface area contributed by atoms with Gasteiger partial charge in [-0.2, -0.15) is 0 Å². The number of Topliss-reactive ketones (excluding diaryl/α,β-unsaturated/α-hetero) is 1. The van der Waals surface area contributed by atoms with Gasteiger partial charge < -0.3 is 9.15 Å². The number of carbonyl (C=O) groups excluding carboxylic acids is 1. The summed E-state index contributed by atoms with van der Waals surface area (Å²) in [6, 6.07) is 21.0. The molecule has 0 spiro atoms. The molecule has 134 valence electrons. The molecule has 0 amide bonds. The molecule has 0 fully saturated rings. The van der Waals surface area contributed by atoms with Gasteiger partial charge in [0.15, 0.2) is 5.78 Å². The number of carbonyl (C=O) groups is 1. The fourth-order valence-electron chi connectivity index (χ4n) is 2.69. The first kappa shape index (κ1) is 17.3. The molecule has 27 heavy (non-hydrogen) atoms. The SMILES string of the molecule is COc1ccc(-c2nnc(SCC(=O)c3ccc4ccccc4c3)o2)cc1. The van der Waals surface area contributed by atoms with Gasteiger partial charge in [-0.25, -0.2) is 0 Å². The third kappa shape index (κ3) is 3.85. The second kappa shape index (κ2) is 7.63. The van der Waals surface area contributed by atoms with Gasteiger partial charge in [-0.1, -0.05) is 48.2 Å². The lowest BCUT2D eigenvalue weighted by atomic mass is 10.1. The first-order valence-electron chi connectivity index (χ1n) is 8.36. The van der Waals surface area contributed by atoms with E-state index in [4.69, 9.17) is 9.15 Å². The van der Waals surface area contributed by atoms with E-state index in [1.54, 1.807) is 7.11 Å². The molecule has 0 atom stereocenters. The van der Waals surface area contributed by atoms with E-state index in [1.165, 1.54) is 11.8 Å². The Bertz CT molecular complexity index is 1090. The van der Waals surface area contributed by atoms with Crippen LogP contribution in [-0.4, -0.2) is 28.8 Å². The summed E-state index contributed by atoms with van der Waals surface area (Å²) >= 11 is 1.24. The standard InChI is InChI=1S/C21H16N2O3S/c1-25-18-10-8-15(9-11-18)20-22-23-21(26-20)27-13-19(24)17-7-6-14-4-2-3-5-16(14)12-17/h2-12H,13H2,1H3. The van der Waals surface area contributed by atoms with E-state index >= 15 is 0 Å². The molecule has 0 saturated carbocycles. The zero-order valence-electron chi connectivity index (χ0n) is 14.6. The summed E-state index contributed by atoms with van der Waals surface area (Å²) in [5.41, 5.74) is 1.48.